The lowest BCUT2D eigenvalue weighted by Gasteiger charge is -2.01. The second-order valence-electron chi connectivity index (χ2n) is 3.84. The maximum Gasteiger partial charge on any atom is 0.347 e. The molecule has 0 aliphatic rings. The molecule has 0 atom stereocenters. The third-order valence-corrected chi connectivity index (χ3v) is 3.39. The molecular weight excluding hydrogens is 265 g/mol. The van der Waals surface area contributed by atoms with Crippen LogP contribution in [0, 0.1) is 5.82 Å². The molecule has 0 saturated heterocycles. The second kappa shape index (κ2) is 4.85. The fourth-order valence-electron chi connectivity index (χ4n) is 1.65. The molecule has 0 aliphatic carbocycles. The fourth-order valence-corrected chi connectivity index (χ4v) is 2.38. The van der Waals surface area contributed by atoms with Gasteiger partial charge in [-0.05, 0) is 48.2 Å². The van der Waals surface area contributed by atoms with E-state index in [2.05, 4.69) is 4.98 Å². The zero-order valence-corrected chi connectivity index (χ0v) is 10.5. The first-order valence-electron chi connectivity index (χ1n) is 5.56. The number of benzene rings is 2. The molecule has 0 saturated carbocycles. The van der Waals surface area contributed by atoms with E-state index in [0.717, 1.165) is 4.90 Å². The Balaban J connectivity index is 2.01. The Morgan fingerprint density at radius 2 is 1.79 bits per heavy atom. The van der Waals surface area contributed by atoms with Gasteiger partial charge in [0.2, 0.25) is 0 Å². The van der Waals surface area contributed by atoms with Gasteiger partial charge in [0.15, 0.2) is 0 Å². The third kappa shape index (κ3) is 2.51. The summed E-state index contributed by atoms with van der Waals surface area (Å²) in [6.45, 7) is 0. The summed E-state index contributed by atoms with van der Waals surface area (Å²) >= 11 is 1.18. The van der Waals surface area contributed by atoms with Gasteiger partial charge in [-0.25, -0.2) is 14.2 Å². The first-order chi connectivity index (χ1) is 9.22. The number of hydrogen-bond acceptors (Lipinski definition) is 4. The molecule has 0 aliphatic heterocycles. The third-order valence-electron chi connectivity index (χ3n) is 2.53. The molecule has 2 aromatic carbocycles. The molecule has 0 spiro atoms. The maximum absolute atomic E-state index is 12.8. The summed E-state index contributed by atoms with van der Waals surface area (Å²) in [5.74, 6) is -0.308. The summed E-state index contributed by atoms with van der Waals surface area (Å²) in [5, 5.41) is 0.696. The topological polar surface area (TPSA) is 43.1 Å². The van der Waals surface area contributed by atoms with Crippen LogP contribution in [0.15, 0.2) is 67.9 Å². The molecule has 3 nitrogen and oxygen atoms in total. The number of para-hydroxylation sites is 1. The molecule has 0 radical (unpaired) electrons. The van der Waals surface area contributed by atoms with Gasteiger partial charge in [0, 0.05) is 4.90 Å². The normalized spacial score (nSPS) is 10.8. The van der Waals surface area contributed by atoms with Crippen LogP contribution in [0.25, 0.3) is 10.9 Å². The van der Waals surface area contributed by atoms with Gasteiger partial charge in [0.25, 0.3) is 5.22 Å². The van der Waals surface area contributed by atoms with E-state index in [4.69, 9.17) is 4.42 Å². The minimum atomic E-state index is -0.421. The Morgan fingerprint density at radius 1 is 1.05 bits per heavy atom. The highest BCUT2D eigenvalue weighted by atomic mass is 32.2. The van der Waals surface area contributed by atoms with Gasteiger partial charge < -0.3 is 4.42 Å². The predicted molar refractivity (Wildman–Crippen MR) is 70.8 cm³/mol. The van der Waals surface area contributed by atoms with Crippen LogP contribution in [0.1, 0.15) is 0 Å². The van der Waals surface area contributed by atoms with Crippen LogP contribution in [0.4, 0.5) is 4.39 Å². The fraction of sp³-hybridized carbons (Fsp3) is 0. The SMILES string of the molecule is O=c1oc(Sc2ccc(F)cc2)nc2ccccc12. The van der Waals surface area contributed by atoms with Crippen LogP contribution in [-0.2, 0) is 0 Å². The lowest BCUT2D eigenvalue weighted by Crippen LogP contribution is -2.01. The van der Waals surface area contributed by atoms with Crippen molar-refractivity contribution in [3.8, 4) is 0 Å². The van der Waals surface area contributed by atoms with E-state index >= 15 is 0 Å². The van der Waals surface area contributed by atoms with Gasteiger partial charge in [-0.2, -0.15) is 0 Å². The van der Waals surface area contributed by atoms with Crippen molar-refractivity contribution in [3.63, 3.8) is 0 Å². The number of rotatable bonds is 2. The smallest absolute Gasteiger partial charge is 0.347 e. The summed E-state index contributed by atoms with van der Waals surface area (Å²) in [7, 11) is 0. The number of halogens is 1. The van der Waals surface area contributed by atoms with Crippen LogP contribution in [0.3, 0.4) is 0 Å². The standard InChI is InChI=1S/C14H8FNO2S/c15-9-5-7-10(8-6-9)19-14-16-12-4-2-1-3-11(12)13(17)18-14/h1-8H. The quantitative estimate of drug-likeness (QED) is 0.717. The highest BCUT2D eigenvalue weighted by Gasteiger charge is 2.07. The summed E-state index contributed by atoms with van der Waals surface area (Å²) in [4.78, 5) is 16.8. The number of aromatic nitrogens is 1. The van der Waals surface area contributed by atoms with E-state index in [0.29, 0.717) is 10.9 Å². The van der Waals surface area contributed by atoms with Crippen LogP contribution in [-0.4, -0.2) is 4.98 Å². The molecule has 0 unspecified atom stereocenters. The van der Waals surface area contributed by atoms with Gasteiger partial charge in [-0.15, -0.1) is 0 Å². The van der Waals surface area contributed by atoms with E-state index in [9.17, 15) is 9.18 Å². The van der Waals surface area contributed by atoms with Gasteiger partial charge in [0.1, 0.15) is 5.82 Å². The molecule has 0 N–H and O–H groups in total. The average Bonchev–Trinajstić information content (AvgIpc) is 2.42. The second-order valence-corrected chi connectivity index (χ2v) is 4.87. The van der Waals surface area contributed by atoms with Crippen molar-refractivity contribution in [3.05, 3.63) is 64.8 Å². The van der Waals surface area contributed by atoms with Crippen molar-refractivity contribution in [2.75, 3.05) is 0 Å². The number of fused-ring (bicyclic) bond motifs is 1. The molecule has 3 rings (SSSR count). The monoisotopic (exact) mass is 273 g/mol. The molecule has 3 aromatic rings. The van der Waals surface area contributed by atoms with E-state index in [1.165, 1.54) is 23.9 Å². The Labute approximate surface area is 112 Å². The first-order valence-corrected chi connectivity index (χ1v) is 6.37. The van der Waals surface area contributed by atoms with Crippen LogP contribution >= 0.6 is 11.8 Å². The van der Waals surface area contributed by atoms with E-state index in [1.54, 1.807) is 36.4 Å². The highest BCUT2D eigenvalue weighted by molar-refractivity contribution is 7.99. The lowest BCUT2D eigenvalue weighted by molar-refractivity contribution is 0.401. The van der Waals surface area contributed by atoms with Crippen molar-refractivity contribution in [1.29, 1.82) is 0 Å². The predicted octanol–water partition coefficient (Wildman–Crippen LogP) is 3.48. The highest BCUT2D eigenvalue weighted by Crippen LogP contribution is 2.26. The van der Waals surface area contributed by atoms with Crippen LogP contribution in [0.5, 0.6) is 0 Å². The molecular formula is C14H8FNO2S. The molecule has 5 heteroatoms. The van der Waals surface area contributed by atoms with E-state index in [1.807, 2.05) is 0 Å². The average molecular weight is 273 g/mol. The zero-order chi connectivity index (χ0) is 13.2. The van der Waals surface area contributed by atoms with E-state index in [-0.39, 0.29) is 11.0 Å². The first kappa shape index (κ1) is 11.9. The Kier molecular flexibility index (Phi) is 3.05. The minimum absolute atomic E-state index is 0.246. The van der Waals surface area contributed by atoms with Gasteiger partial charge >= 0.3 is 5.63 Å². The van der Waals surface area contributed by atoms with Crippen molar-refractivity contribution >= 4 is 22.7 Å². The number of nitrogens with zero attached hydrogens (tertiary/aromatic N) is 1. The van der Waals surface area contributed by atoms with Crippen LogP contribution in [0.2, 0.25) is 0 Å². The van der Waals surface area contributed by atoms with Crippen molar-refractivity contribution in [2.24, 2.45) is 0 Å². The van der Waals surface area contributed by atoms with Gasteiger partial charge in [-0.1, -0.05) is 12.1 Å². The molecule has 19 heavy (non-hydrogen) atoms. The molecule has 1 aromatic heterocycles. The molecule has 0 fully saturated rings. The molecule has 1 heterocycles. The summed E-state index contributed by atoms with van der Waals surface area (Å²) in [6.07, 6.45) is 0. The molecule has 0 amide bonds. The lowest BCUT2D eigenvalue weighted by atomic mass is 10.2. The van der Waals surface area contributed by atoms with Gasteiger partial charge in [-0.3, -0.25) is 0 Å². The largest absolute Gasteiger partial charge is 0.397 e. The molecule has 94 valence electrons. The minimum Gasteiger partial charge on any atom is -0.397 e. The summed E-state index contributed by atoms with van der Waals surface area (Å²) in [5.41, 5.74) is 0.165. The van der Waals surface area contributed by atoms with E-state index < -0.39 is 5.63 Å². The zero-order valence-electron chi connectivity index (χ0n) is 9.67. The van der Waals surface area contributed by atoms with Gasteiger partial charge in [0.05, 0.1) is 10.9 Å². The van der Waals surface area contributed by atoms with Crippen molar-refractivity contribution < 1.29 is 8.81 Å². The van der Waals surface area contributed by atoms with Crippen LogP contribution < -0.4 is 5.63 Å². The van der Waals surface area contributed by atoms with Crippen molar-refractivity contribution in [1.82, 2.24) is 4.98 Å². The van der Waals surface area contributed by atoms with Crippen molar-refractivity contribution in [2.45, 2.75) is 10.1 Å². The summed E-state index contributed by atoms with van der Waals surface area (Å²) in [6, 6.07) is 12.9. The Bertz CT molecular complexity index is 783. The Morgan fingerprint density at radius 3 is 2.58 bits per heavy atom. The maximum atomic E-state index is 12.8. The Hall–Kier alpha value is -2.14. The summed E-state index contributed by atoms with van der Waals surface area (Å²) < 4.78 is 17.9. The molecule has 0 bridgehead atoms. The number of hydrogen-bond donors (Lipinski definition) is 0.